The van der Waals surface area contributed by atoms with Gasteiger partial charge in [0.05, 0.1) is 12.7 Å². The van der Waals surface area contributed by atoms with E-state index in [9.17, 15) is 18.8 Å². The number of hydrogen-bond donors (Lipinski definition) is 2. The van der Waals surface area contributed by atoms with E-state index < -0.39 is 23.9 Å². The van der Waals surface area contributed by atoms with Crippen LogP contribution in [0, 0.1) is 5.82 Å². The maximum atomic E-state index is 13.1. The Kier molecular flexibility index (Phi) is 7.06. The highest BCUT2D eigenvalue weighted by Crippen LogP contribution is 2.24. The summed E-state index contributed by atoms with van der Waals surface area (Å²) in [4.78, 5) is 38.9. The number of nitrogens with zero attached hydrogens (tertiary/aromatic N) is 2. The molecule has 2 heterocycles. The van der Waals surface area contributed by atoms with Crippen molar-refractivity contribution in [1.82, 2.24) is 14.8 Å². The summed E-state index contributed by atoms with van der Waals surface area (Å²) in [7, 11) is 1.76. The Bertz CT molecular complexity index is 943. The number of aryl methyl sites for hydroxylation is 1. The molecule has 1 aliphatic heterocycles. The summed E-state index contributed by atoms with van der Waals surface area (Å²) in [5, 5.41) is 2.58. The van der Waals surface area contributed by atoms with Crippen molar-refractivity contribution >= 4 is 17.7 Å². The second-order valence-corrected chi connectivity index (χ2v) is 7.74. The fourth-order valence-electron chi connectivity index (χ4n) is 3.58. The van der Waals surface area contributed by atoms with Crippen LogP contribution in [0.3, 0.4) is 0 Å². The van der Waals surface area contributed by atoms with Crippen LogP contribution in [-0.2, 0) is 28.0 Å². The number of primary amides is 1. The summed E-state index contributed by atoms with van der Waals surface area (Å²) in [6.07, 6.45) is 2.30. The van der Waals surface area contributed by atoms with Crippen LogP contribution in [0.4, 0.5) is 4.39 Å². The van der Waals surface area contributed by atoms with Gasteiger partial charge in [-0.1, -0.05) is 12.1 Å². The zero-order chi connectivity index (χ0) is 22.5. The van der Waals surface area contributed by atoms with Crippen LogP contribution < -0.4 is 11.1 Å². The van der Waals surface area contributed by atoms with Crippen LogP contribution in [0.15, 0.2) is 42.6 Å². The number of nitrogens with two attached hydrogens (primary N) is 1. The third kappa shape index (κ3) is 5.49. The Labute approximate surface area is 180 Å². The van der Waals surface area contributed by atoms with Gasteiger partial charge in [-0.05, 0) is 43.2 Å². The van der Waals surface area contributed by atoms with Gasteiger partial charge in [-0.25, -0.2) is 4.39 Å². The van der Waals surface area contributed by atoms with Crippen molar-refractivity contribution in [2.75, 3.05) is 6.54 Å². The Hall–Kier alpha value is -3.20. The molecule has 1 aromatic heterocycles. The molecule has 31 heavy (non-hydrogen) atoms. The minimum absolute atomic E-state index is 0.267. The van der Waals surface area contributed by atoms with Crippen molar-refractivity contribution < 1.29 is 23.5 Å². The number of nitrogens with one attached hydrogen (secondary N) is 1. The van der Waals surface area contributed by atoms with Crippen molar-refractivity contribution in [3.05, 3.63) is 59.7 Å². The maximum Gasteiger partial charge on any atom is 0.271 e. The monoisotopic (exact) mass is 430 g/mol. The van der Waals surface area contributed by atoms with Crippen molar-refractivity contribution in [3.63, 3.8) is 0 Å². The lowest BCUT2D eigenvalue weighted by molar-refractivity contribution is -0.132. The van der Waals surface area contributed by atoms with E-state index in [0.29, 0.717) is 18.7 Å². The van der Waals surface area contributed by atoms with Gasteiger partial charge in [-0.3, -0.25) is 14.4 Å². The van der Waals surface area contributed by atoms with E-state index in [1.807, 2.05) is 0 Å². The smallest absolute Gasteiger partial charge is 0.271 e. The summed E-state index contributed by atoms with van der Waals surface area (Å²) >= 11 is 0. The van der Waals surface area contributed by atoms with Gasteiger partial charge in [0.1, 0.15) is 23.6 Å². The van der Waals surface area contributed by atoms with Gasteiger partial charge >= 0.3 is 0 Å². The highest BCUT2D eigenvalue weighted by molar-refractivity contribution is 5.97. The Morgan fingerprint density at radius 2 is 1.97 bits per heavy atom. The van der Waals surface area contributed by atoms with Crippen LogP contribution in [0.1, 0.15) is 35.8 Å². The van der Waals surface area contributed by atoms with E-state index in [4.69, 9.17) is 10.5 Å². The molecule has 0 saturated carbocycles. The number of carbonyl (C=O) groups excluding carboxylic acids is 3. The molecule has 1 aliphatic rings. The van der Waals surface area contributed by atoms with E-state index in [1.54, 1.807) is 42.1 Å². The molecular formula is C22H27FN4O4. The number of ether oxygens (including phenoxy) is 1. The molecule has 3 N–H and O–H groups in total. The zero-order valence-corrected chi connectivity index (χ0v) is 17.6. The van der Waals surface area contributed by atoms with Crippen molar-refractivity contribution in [1.29, 1.82) is 0 Å². The molecule has 1 saturated heterocycles. The van der Waals surface area contributed by atoms with Crippen LogP contribution in [0.2, 0.25) is 0 Å². The van der Waals surface area contributed by atoms with Gasteiger partial charge in [0, 0.05) is 26.2 Å². The average molecular weight is 430 g/mol. The molecule has 1 aromatic carbocycles. The van der Waals surface area contributed by atoms with Crippen LogP contribution >= 0.6 is 0 Å². The number of rotatable bonds is 7. The van der Waals surface area contributed by atoms with Gasteiger partial charge in [-0.15, -0.1) is 0 Å². The second-order valence-electron chi connectivity index (χ2n) is 7.74. The number of amides is 3. The summed E-state index contributed by atoms with van der Waals surface area (Å²) in [6, 6.07) is 7.79. The molecule has 2 aromatic rings. The van der Waals surface area contributed by atoms with Crippen molar-refractivity contribution in [2.24, 2.45) is 12.8 Å². The number of piperidine rings is 1. The molecule has 0 radical (unpaired) electrons. The lowest BCUT2D eigenvalue weighted by Crippen LogP contribution is -2.57. The third-order valence-corrected chi connectivity index (χ3v) is 5.47. The van der Waals surface area contributed by atoms with Crippen LogP contribution in [-0.4, -0.2) is 51.9 Å². The van der Waals surface area contributed by atoms with E-state index in [2.05, 4.69) is 5.32 Å². The molecule has 9 heteroatoms. The van der Waals surface area contributed by atoms with E-state index in [-0.39, 0.29) is 30.9 Å². The number of halogens is 1. The first-order chi connectivity index (χ1) is 14.8. The zero-order valence-electron chi connectivity index (χ0n) is 17.6. The largest absolute Gasteiger partial charge is 0.373 e. The van der Waals surface area contributed by atoms with Gasteiger partial charge < -0.3 is 25.3 Å². The van der Waals surface area contributed by atoms with Crippen molar-refractivity contribution in [2.45, 2.75) is 44.6 Å². The molecular weight excluding hydrogens is 403 g/mol. The predicted octanol–water partition coefficient (Wildman–Crippen LogP) is 1.34. The van der Waals surface area contributed by atoms with E-state index >= 15 is 0 Å². The molecule has 0 aliphatic carbocycles. The number of benzene rings is 1. The quantitative estimate of drug-likeness (QED) is 0.691. The normalized spacial score (nSPS) is 19.6. The minimum Gasteiger partial charge on any atom is -0.373 e. The molecule has 0 spiro atoms. The average Bonchev–Trinajstić information content (AvgIpc) is 3.18. The second kappa shape index (κ2) is 9.74. The topological polar surface area (TPSA) is 107 Å². The predicted molar refractivity (Wildman–Crippen MR) is 111 cm³/mol. The summed E-state index contributed by atoms with van der Waals surface area (Å²) in [6.45, 7) is 2.08. The van der Waals surface area contributed by atoms with E-state index in [0.717, 1.165) is 5.56 Å². The van der Waals surface area contributed by atoms with Crippen LogP contribution in [0.5, 0.6) is 0 Å². The Morgan fingerprint density at radius 1 is 1.26 bits per heavy atom. The fourth-order valence-corrected chi connectivity index (χ4v) is 3.58. The molecule has 166 valence electrons. The first-order valence-corrected chi connectivity index (χ1v) is 10.1. The molecule has 3 amide bonds. The van der Waals surface area contributed by atoms with Gasteiger partial charge in [0.15, 0.2) is 0 Å². The number of likely N-dealkylation sites (tertiary alicyclic amines) is 1. The molecule has 0 bridgehead atoms. The molecule has 3 atom stereocenters. The first-order valence-electron chi connectivity index (χ1n) is 10.1. The lowest BCUT2D eigenvalue weighted by atomic mass is 9.97. The summed E-state index contributed by atoms with van der Waals surface area (Å²) in [5.74, 6) is -1.70. The van der Waals surface area contributed by atoms with Crippen LogP contribution in [0.25, 0.3) is 0 Å². The summed E-state index contributed by atoms with van der Waals surface area (Å²) < 4.78 is 20.7. The number of aromatic nitrogens is 1. The lowest BCUT2D eigenvalue weighted by Gasteiger charge is -2.38. The molecule has 8 nitrogen and oxygen atoms in total. The van der Waals surface area contributed by atoms with Crippen molar-refractivity contribution in [3.8, 4) is 0 Å². The van der Waals surface area contributed by atoms with Gasteiger partial charge in [-0.2, -0.15) is 0 Å². The molecule has 3 rings (SSSR count). The number of carbonyl (C=O) groups is 3. The fraction of sp³-hybridized carbons (Fsp3) is 0.409. The minimum atomic E-state index is -0.861. The number of hydrogen-bond acceptors (Lipinski definition) is 4. The first kappa shape index (κ1) is 22.5. The molecule has 1 fully saturated rings. The van der Waals surface area contributed by atoms with Gasteiger partial charge in [0.25, 0.3) is 5.91 Å². The Morgan fingerprint density at radius 3 is 2.58 bits per heavy atom. The van der Waals surface area contributed by atoms with Gasteiger partial charge in [0.2, 0.25) is 11.8 Å². The summed E-state index contributed by atoms with van der Waals surface area (Å²) in [5.41, 5.74) is 6.54. The highest BCUT2D eigenvalue weighted by atomic mass is 19.1. The molecule has 0 unspecified atom stereocenters. The standard InChI is InChI=1S/C22H27FN4O4/c1-14(20(24)28)25-21(29)19-12-17(31-13-15-5-7-16(23)8-6-15)9-11-27(19)22(30)18-4-3-10-26(18)2/h3-8,10,14,17,19H,9,11-13H2,1-2H3,(H2,24,28)(H,25,29)/t14-,17-,19+/m1/s1. The maximum absolute atomic E-state index is 13.1. The van der Waals surface area contributed by atoms with E-state index in [1.165, 1.54) is 24.0 Å². The Balaban J connectivity index is 1.73. The third-order valence-electron chi connectivity index (χ3n) is 5.47. The SMILES string of the molecule is C[C@@H](NC(=O)[C@@H]1C[C@H](OCc2ccc(F)cc2)CCN1C(=O)c1cccn1C)C(N)=O. The highest BCUT2D eigenvalue weighted by Gasteiger charge is 2.38.